The average molecular weight is 562 g/mol. The van der Waals surface area contributed by atoms with Gasteiger partial charge in [-0.3, -0.25) is 14.4 Å². The molecule has 1 aliphatic rings. The maximum absolute atomic E-state index is 13.3. The zero-order chi connectivity index (χ0) is 28.3. The van der Waals surface area contributed by atoms with Crippen LogP contribution in [0, 0.1) is 0 Å². The van der Waals surface area contributed by atoms with Crippen molar-refractivity contribution in [3.8, 4) is 11.1 Å². The number of hydrogen-bond acceptors (Lipinski definition) is 6. The summed E-state index contributed by atoms with van der Waals surface area (Å²) >= 11 is 0. The van der Waals surface area contributed by atoms with E-state index in [1.807, 2.05) is 42.5 Å². The number of aromatic nitrogens is 2. The van der Waals surface area contributed by atoms with Crippen LogP contribution in [0.4, 0.5) is 5.69 Å². The SMILES string of the molecule is CC(C)(C)c1ccc(S(=O)(=O)Nc2cnc3[nH]c(C(=O)NCCN4CCOCC4)c(-c4ccccc4)c3c2)cc1. The van der Waals surface area contributed by atoms with Gasteiger partial charge in [-0.25, -0.2) is 13.4 Å². The molecule has 1 fully saturated rings. The van der Waals surface area contributed by atoms with Crippen LogP contribution in [0.25, 0.3) is 22.2 Å². The van der Waals surface area contributed by atoms with Crippen LogP contribution in [0.1, 0.15) is 36.8 Å². The second-order valence-corrected chi connectivity index (χ2v) is 12.6. The van der Waals surface area contributed by atoms with Gasteiger partial charge in [0.15, 0.2) is 0 Å². The Morgan fingerprint density at radius 1 is 1.05 bits per heavy atom. The average Bonchev–Trinajstić information content (AvgIpc) is 3.32. The normalized spacial score (nSPS) is 14.8. The Morgan fingerprint density at radius 3 is 2.42 bits per heavy atom. The van der Waals surface area contributed by atoms with Crippen molar-refractivity contribution in [1.82, 2.24) is 20.2 Å². The number of rotatable bonds is 8. The maximum atomic E-state index is 13.3. The smallest absolute Gasteiger partial charge is 0.268 e. The molecule has 9 nitrogen and oxygen atoms in total. The van der Waals surface area contributed by atoms with Crippen LogP contribution in [0.3, 0.4) is 0 Å². The Morgan fingerprint density at radius 2 is 1.75 bits per heavy atom. The molecule has 2 aromatic carbocycles. The molecule has 1 aliphatic heterocycles. The van der Waals surface area contributed by atoms with E-state index >= 15 is 0 Å². The summed E-state index contributed by atoms with van der Waals surface area (Å²) in [6.07, 6.45) is 1.45. The minimum absolute atomic E-state index is 0.0840. The van der Waals surface area contributed by atoms with Crippen LogP contribution in [0.15, 0.2) is 71.8 Å². The zero-order valence-electron chi connectivity index (χ0n) is 23.0. The number of ether oxygens (including phenoxy) is 1. The molecule has 1 saturated heterocycles. The lowest BCUT2D eigenvalue weighted by molar-refractivity contribution is 0.0383. The van der Waals surface area contributed by atoms with Gasteiger partial charge in [0, 0.05) is 37.1 Å². The van der Waals surface area contributed by atoms with Crippen LogP contribution in [0.5, 0.6) is 0 Å². The van der Waals surface area contributed by atoms with Gasteiger partial charge in [0.25, 0.3) is 15.9 Å². The summed E-state index contributed by atoms with van der Waals surface area (Å²) in [5.41, 5.74) is 3.64. The molecular weight excluding hydrogens is 526 g/mol. The van der Waals surface area contributed by atoms with E-state index in [2.05, 4.69) is 45.7 Å². The molecule has 3 N–H and O–H groups in total. The second kappa shape index (κ2) is 11.4. The molecule has 0 saturated carbocycles. The fourth-order valence-corrected chi connectivity index (χ4v) is 5.82. The first-order valence-electron chi connectivity index (χ1n) is 13.4. The lowest BCUT2D eigenvalue weighted by Gasteiger charge is -2.26. The Hall–Kier alpha value is -3.73. The molecule has 0 bridgehead atoms. The summed E-state index contributed by atoms with van der Waals surface area (Å²) in [7, 11) is -3.85. The molecule has 0 spiro atoms. The number of morpholine rings is 1. The van der Waals surface area contributed by atoms with Crippen molar-refractivity contribution >= 4 is 32.7 Å². The second-order valence-electron chi connectivity index (χ2n) is 11.0. The highest BCUT2D eigenvalue weighted by Gasteiger charge is 2.22. The predicted molar refractivity (Wildman–Crippen MR) is 157 cm³/mol. The first-order valence-corrected chi connectivity index (χ1v) is 14.9. The highest BCUT2D eigenvalue weighted by molar-refractivity contribution is 7.92. The third-order valence-electron chi connectivity index (χ3n) is 7.04. The van der Waals surface area contributed by atoms with Gasteiger partial charge >= 0.3 is 0 Å². The highest BCUT2D eigenvalue weighted by atomic mass is 32.2. The number of aromatic amines is 1. The monoisotopic (exact) mass is 561 g/mol. The van der Waals surface area contributed by atoms with Crippen LogP contribution < -0.4 is 10.0 Å². The van der Waals surface area contributed by atoms with Gasteiger partial charge in [0.1, 0.15) is 11.3 Å². The fraction of sp³-hybridized carbons (Fsp3) is 0.333. The number of carbonyl (C=O) groups is 1. The molecule has 0 unspecified atom stereocenters. The molecule has 1 amide bonds. The van der Waals surface area contributed by atoms with Crippen molar-refractivity contribution in [3.63, 3.8) is 0 Å². The lowest BCUT2D eigenvalue weighted by Crippen LogP contribution is -2.41. The number of pyridine rings is 1. The Labute approximate surface area is 235 Å². The first-order chi connectivity index (χ1) is 19.1. The molecule has 2 aromatic heterocycles. The molecule has 3 heterocycles. The number of carbonyl (C=O) groups excluding carboxylic acids is 1. The molecular formula is C30H35N5O4S. The van der Waals surface area contributed by atoms with Gasteiger partial charge < -0.3 is 15.0 Å². The summed E-state index contributed by atoms with van der Waals surface area (Å²) < 4.78 is 34.4. The number of anilines is 1. The van der Waals surface area contributed by atoms with E-state index in [4.69, 9.17) is 4.74 Å². The van der Waals surface area contributed by atoms with E-state index in [0.29, 0.717) is 47.7 Å². The van der Waals surface area contributed by atoms with E-state index in [-0.39, 0.29) is 16.2 Å². The maximum Gasteiger partial charge on any atom is 0.268 e. The van der Waals surface area contributed by atoms with E-state index in [1.165, 1.54) is 6.20 Å². The van der Waals surface area contributed by atoms with Crippen molar-refractivity contribution in [3.05, 3.63) is 78.1 Å². The van der Waals surface area contributed by atoms with Crippen molar-refractivity contribution in [2.45, 2.75) is 31.1 Å². The van der Waals surface area contributed by atoms with E-state index in [9.17, 15) is 13.2 Å². The number of hydrogen-bond donors (Lipinski definition) is 3. The first kappa shape index (κ1) is 27.8. The van der Waals surface area contributed by atoms with Gasteiger partial charge in [0.05, 0.1) is 30.0 Å². The van der Waals surface area contributed by atoms with Crippen LogP contribution in [-0.2, 0) is 20.2 Å². The van der Waals surface area contributed by atoms with E-state index in [0.717, 1.165) is 30.8 Å². The van der Waals surface area contributed by atoms with Crippen molar-refractivity contribution in [1.29, 1.82) is 0 Å². The van der Waals surface area contributed by atoms with Gasteiger partial charge in [0.2, 0.25) is 0 Å². The molecule has 210 valence electrons. The number of nitrogens with zero attached hydrogens (tertiary/aromatic N) is 2. The topological polar surface area (TPSA) is 116 Å². The summed E-state index contributed by atoms with van der Waals surface area (Å²) in [5.74, 6) is -0.244. The number of amides is 1. The van der Waals surface area contributed by atoms with Gasteiger partial charge in [-0.2, -0.15) is 0 Å². The van der Waals surface area contributed by atoms with Crippen molar-refractivity contribution < 1.29 is 17.9 Å². The number of nitrogens with one attached hydrogen (secondary N) is 3. The number of H-pyrrole nitrogens is 1. The third kappa shape index (κ3) is 6.19. The standard InChI is InChI=1S/C30H35N5O4S/c1-30(2,3)22-9-11-24(12-10-22)40(37,38)34-23-19-25-26(21-7-5-4-6-8-21)27(33-28(25)32-20-23)29(36)31-13-14-35-15-17-39-18-16-35/h4-12,19-20,34H,13-18H2,1-3H3,(H,31,36)(H,32,33). The van der Waals surface area contributed by atoms with Gasteiger partial charge in [-0.05, 0) is 34.7 Å². The number of benzene rings is 2. The molecule has 0 aliphatic carbocycles. The fourth-order valence-electron chi connectivity index (χ4n) is 4.79. The number of sulfonamides is 1. The minimum atomic E-state index is -3.85. The van der Waals surface area contributed by atoms with Crippen LogP contribution in [-0.4, -0.2) is 68.6 Å². The quantitative estimate of drug-likeness (QED) is 0.294. The van der Waals surface area contributed by atoms with E-state index < -0.39 is 10.0 Å². The summed E-state index contributed by atoms with van der Waals surface area (Å²) in [6.45, 7) is 10.6. The third-order valence-corrected chi connectivity index (χ3v) is 8.44. The largest absolute Gasteiger partial charge is 0.379 e. The Balaban J connectivity index is 1.43. The Kier molecular flexibility index (Phi) is 7.93. The van der Waals surface area contributed by atoms with Crippen molar-refractivity contribution in [2.24, 2.45) is 0 Å². The Bertz CT molecular complexity index is 1590. The van der Waals surface area contributed by atoms with Crippen LogP contribution in [0.2, 0.25) is 0 Å². The molecule has 40 heavy (non-hydrogen) atoms. The summed E-state index contributed by atoms with van der Waals surface area (Å²) in [6, 6.07) is 18.1. The molecule has 4 aromatic rings. The number of fused-ring (bicyclic) bond motifs is 1. The minimum Gasteiger partial charge on any atom is -0.379 e. The van der Waals surface area contributed by atoms with Crippen molar-refractivity contribution in [2.75, 3.05) is 44.1 Å². The molecule has 0 radical (unpaired) electrons. The van der Waals surface area contributed by atoms with E-state index in [1.54, 1.807) is 18.2 Å². The zero-order valence-corrected chi connectivity index (χ0v) is 23.8. The van der Waals surface area contributed by atoms with Gasteiger partial charge in [-0.15, -0.1) is 0 Å². The molecule has 5 rings (SSSR count). The summed E-state index contributed by atoms with van der Waals surface area (Å²) in [5, 5.41) is 3.66. The summed E-state index contributed by atoms with van der Waals surface area (Å²) in [4.78, 5) is 23.4. The van der Waals surface area contributed by atoms with Gasteiger partial charge in [-0.1, -0.05) is 63.2 Å². The lowest BCUT2D eigenvalue weighted by atomic mass is 9.87. The molecule has 0 atom stereocenters. The van der Waals surface area contributed by atoms with Crippen LogP contribution >= 0.6 is 0 Å². The predicted octanol–water partition coefficient (Wildman–Crippen LogP) is 4.39. The highest BCUT2D eigenvalue weighted by Crippen LogP contribution is 2.33. The molecule has 10 heteroatoms.